The van der Waals surface area contributed by atoms with Crippen molar-refractivity contribution in [1.29, 1.82) is 0 Å². The van der Waals surface area contributed by atoms with Crippen LogP contribution in [0.1, 0.15) is 23.6 Å². The standard InChI is InChI=1S/C51H33N5OS/c1-30(32-14-5-3-6-15-32)52-50(33-16-7-4-8-17-33)53-31(2)36-20-13-23-44-46(36)40-27-25-35(29-45(40)58-44)51-55-47(49-48(56-51)39-19-10-12-22-43(39)57-49)34-24-26-38-37-18-9-11-21-41(37)54-42(38)28-34/h3-29,54H,1H2,2H3. The lowest BCUT2D eigenvalue weighted by Gasteiger charge is -2.09. The summed E-state index contributed by atoms with van der Waals surface area (Å²) in [5.41, 5.74) is 11.5. The number of H-pyrrole nitrogens is 1. The van der Waals surface area contributed by atoms with Crippen LogP contribution in [0, 0.1) is 0 Å². The van der Waals surface area contributed by atoms with Crippen LogP contribution in [-0.4, -0.2) is 26.5 Å². The molecule has 0 saturated carbocycles. The normalized spacial score (nSPS) is 12.5. The summed E-state index contributed by atoms with van der Waals surface area (Å²) in [6.07, 6.45) is 0. The van der Waals surface area contributed by atoms with Gasteiger partial charge in [-0.05, 0) is 48.9 Å². The highest BCUT2D eigenvalue weighted by Gasteiger charge is 2.20. The third-order valence-corrected chi connectivity index (χ3v) is 11.9. The van der Waals surface area contributed by atoms with E-state index < -0.39 is 0 Å². The second kappa shape index (κ2) is 13.6. The van der Waals surface area contributed by atoms with Gasteiger partial charge in [0, 0.05) is 75.3 Å². The molecule has 0 radical (unpaired) electrons. The Morgan fingerprint density at radius 1 is 0.603 bits per heavy atom. The number of fused-ring (bicyclic) bond motifs is 9. The number of aromatic amines is 1. The molecule has 1 N–H and O–H groups in total. The first kappa shape index (κ1) is 33.8. The van der Waals surface area contributed by atoms with Crippen molar-refractivity contribution in [1.82, 2.24) is 15.0 Å². The quantitative estimate of drug-likeness (QED) is 0.135. The van der Waals surface area contributed by atoms with Crippen LogP contribution in [-0.2, 0) is 0 Å². The van der Waals surface area contributed by atoms with Crippen molar-refractivity contribution in [3.63, 3.8) is 0 Å². The molecular weight excluding hydrogens is 731 g/mol. The molecule has 0 bridgehead atoms. The lowest BCUT2D eigenvalue weighted by Crippen LogP contribution is -2.04. The molecule has 0 aliphatic rings. The van der Waals surface area contributed by atoms with Crippen LogP contribution in [0.25, 0.3) is 92.4 Å². The van der Waals surface area contributed by atoms with Gasteiger partial charge in [-0.2, -0.15) is 0 Å². The predicted molar refractivity (Wildman–Crippen MR) is 243 cm³/mol. The molecule has 7 heteroatoms. The monoisotopic (exact) mass is 763 g/mol. The third kappa shape index (κ3) is 5.71. The summed E-state index contributed by atoms with van der Waals surface area (Å²) in [7, 11) is 0. The second-order valence-electron chi connectivity index (χ2n) is 14.4. The van der Waals surface area contributed by atoms with Crippen molar-refractivity contribution in [2.45, 2.75) is 6.92 Å². The molecule has 0 atom stereocenters. The molecule has 0 spiro atoms. The molecule has 11 rings (SSSR count). The molecule has 11 aromatic rings. The molecule has 6 nitrogen and oxygen atoms in total. The summed E-state index contributed by atoms with van der Waals surface area (Å²) in [5.74, 6) is 1.26. The minimum absolute atomic E-state index is 0.615. The fraction of sp³-hybridized carbons (Fsp3) is 0.0196. The van der Waals surface area contributed by atoms with E-state index in [2.05, 4.69) is 103 Å². The molecule has 274 valence electrons. The number of benzene rings is 7. The van der Waals surface area contributed by atoms with E-state index in [0.29, 0.717) is 22.9 Å². The van der Waals surface area contributed by atoms with E-state index in [0.717, 1.165) is 82.2 Å². The molecule has 0 aliphatic carbocycles. The van der Waals surface area contributed by atoms with Gasteiger partial charge in [0.25, 0.3) is 0 Å². The van der Waals surface area contributed by atoms with Gasteiger partial charge in [-0.15, -0.1) is 11.3 Å². The minimum Gasteiger partial charge on any atom is -0.452 e. The predicted octanol–water partition coefficient (Wildman–Crippen LogP) is 13.6. The number of nitrogens with zero attached hydrogens (tertiary/aromatic N) is 4. The van der Waals surface area contributed by atoms with Crippen LogP contribution in [0.5, 0.6) is 0 Å². The number of para-hydroxylation sites is 2. The fourth-order valence-corrected chi connectivity index (χ4v) is 9.14. The average Bonchev–Trinajstić information content (AvgIpc) is 3.97. The van der Waals surface area contributed by atoms with Crippen molar-refractivity contribution in [3.8, 4) is 22.6 Å². The zero-order valence-electron chi connectivity index (χ0n) is 31.4. The number of nitrogens with one attached hydrogen (secondary N) is 1. The van der Waals surface area contributed by atoms with E-state index in [1.54, 1.807) is 11.3 Å². The largest absolute Gasteiger partial charge is 0.452 e. The van der Waals surface area contributed by atoms with E-state index in [1.807, 2.05) is 78.9 Å². The van der Waals surface area contributed by atoms with E-state index in [1.165, 1.54) is 15.5 Å². The zero-order chi connectivity index (χ0) is 38.7. The summed E-state index contributed by atoms with van der Waals surface area (Å²) in [6.45, 7) is 6.34. The Balaban J connectivity index is 1.04. The van der Waals surface area contributed by atoms with Crippen molar-refractivity contribution in [2.24, 2.45) is 9.98 Å². The van der Waals surface area contributed by atoms with Gasteiger partial charge in [0.2, 0.25) is 0 Å². The van der Waals surface area contributed by atoms with Crippen molar-refractivity contribution >= 4 is 92.6 Å². The van der Waals surface area contributed by atoms with Crippen LogP contribution in [0.4, 0.5) is 0 Å². The Kier molecular flexibility index (Phi) is 7.94. The second-order valence-corrected chi connectivity index (χ2v) is 15.5. The highest BCUT2D eigenvalue weighted by atomic mass is 32.1. The smallest absolute Gasteiger partial charge is 0.180 e. The van der Waals surface area contributed by atoms with Crippen LogP contribution in [0.3, 0.4) is 0 Å². The SMILES string of the molecule is C=C(N=C(N=C(C)c1cccc2sc3cc(-c4nc(-c5ccc6c(c5)[nH]c5ccccc56)c5oc6ccccc6c5n4)ccc3c12)c1ccccc1)c1ccccc1. The van der Waals surface area contributed by atoms with E-state index in [9.17, 15) is 0 Å². The van der Waals surface area contributed by atoms with Gasteiger partial charge in [0.1, 0.15) is 16.8 Å². The Hall–Kier alpha value is -7.48. The number of thiophene rings is 1. The molecule has 7 aromatic carbocycles. The Bertz CT molecular complexity index is 3480. The first-order valence-electron chi connectivity index (χ1n) is 19.2. The van der Waals surface area contributed by atoms with E-state index in [-0.39, 0.29) is 0 Å². The first-order chi connectivity index (χ1) is 28.6. The maximum absolute atomic E-state index is 6.49. The molecule has 58 heavy (non-hydrogen) atoms. The van der Waals surface area contributed by atoms with Gasteiger partial charge < -0.3 is 9.40 Å². The molecule has 0 saturated heterocycles. The number of hydrogen-bond acceptors (Lipinski definition) is 5. The van der Waals surface area contributed by atoms with Gasteiger partial charge in [-0.3, -0.25) is 0 Å². The summed E-state index contributed by atoms with van der Waals surface area (Å²) in [5, 5.41) is 5.64. The highest BCUT2D eigenvalue weighted by Crippen LogP contribution is 2.41. The van der Waals surface area contributed by atoms with Crippen LogP contribution < -0.4 is 0 Å². The Labute approximate surface area is 337 Å². The van der Waals surface area contributed by atoms with Gasteiger partial charge >= 0.3 is 0 Å². The first-order valence-corrected chi connectivity index (χ1v) is 20.0. The Morgan fingerprint density at radius 3 is 2.16 bits per heavy atom. The van der Waals surface area contributed by atoms with Crippen molar-refractivity contribution in [2.75, 3.05) is 0 Å². The number of amidine groups is 1. The number of aromatic nitrogens is 3. The van der Waals surface area contributed by atoms with Gasteiger partial charge in [-0.25, -0.2) is 20.0 Å². The molecule has 0 unspecified atom stereocenters. The maximum Gasteiger partial charge on any atom is 0.180 e. The topological polar surface area (TPSA) is 79.4 Å². The summed E-state index contributed by atoms with van der Waals surface area (Å²) in [6, 6.07) is 56.0. The molecule has 0 fully saturated rings. The average molecular weight is 764 g/mol. The lowest BCUT2D eigenvalue weighted by molar-refractivity contribution is 0.667. The number of rotatable bonds is 6. The number of furan rings is 1. The highest BCUT2D eigenvalue weighted by molar-refractivity contribution is 7.26. The summed E-state index contributed by atoms with van der Waals surface area (Å²) < 4.78 is 8.81. The fourth-order valence-electron chi connectivity index (χ4n) is 7.97. The summed E-state index contributed by atoms with van der Waals surface area (Å²) in [4.78, 5) is 24.2. The van der Waals surface area contributed by atoms with Crippen molar-refractivity contribution in [3.05, 3.63) is 187 Å². The number of aliphatic imine (C=N–C) groups is 2. The maximum atomic E-state index is 6.49. The van der Waals surface area contributed by atoms with E-state index >= 15 is 0 Å². The number of hydrogen-bond donors (Lipinski definition) is 1. The molecule has 4 aromatic heterocycles. The molecule has 0 aliphatic heterocycles. The van der Waals surface area contributed by atoms with Gasteiger partial charge in [0.15, 0.2) is 17.2 Å². The van der Waals surface area contributed by atoms with Gasteiger partial charge in [0.05, 0.1) is 5.70 Å². The lowest BCUT2D eigenvalue weighted by atomic mass is 10.0. The van der Waals surface area contributed by atoms with E-state index in [4.69, 9.17) is 24.4 Å². The van der Waals surface area contributed by atoms with Crippen LogP contribution in [0.2, 0.25) is 0 Å². The van der Waals surface area contributed by atoms with Crippen molar-refractivity contribution < 1.29 is 4.42 Å². The molecule has 0 amide bonds. The minimum atomic E-state index is 0.615. The van der Waals surface area contributed by atoms with Crippen LogP contribution >= 0.6 is 11.3 Å². The molecule has 4 heterocycles. The Morgan fingerprint density at radius 2 is 1.31 bits per heavy atom. The van der Waals surface area contributed by atoms with Crippen LogP contribution in [0.15, 0.2) is 185 Å². The zero-order valence-corrected chi connectivity index (χ0v) is 32.2. The van der Waals surface area contributed by atoms with Gasteiger partial charge in [-0.1, -0.05) is 134 Å². The third-order valence-electron chi connectivity index (χ3n) is 10.8. The summed E-state index contributed by atoms with van der Waals surface area (Å²) >= 11 is 1.76. The molecular formula is C51H33N5OS.